The second-order valence-corrected chi connectivity index (χ2v) is 19.8. The maximum absolute atomic E-state index is 10.2. The number of unbranched alkanes of at least 4 members (excludes halogenated alkanes) is 21. The lowest BCUT2D eigenvalue weighted by atomic mass is 9.88. The maximum Gasteiger partial charge on any atom is 0.339 e. The predicted molar refractivity (Wildman–Crippen MR) is 281 cm³/mol. The predicted octanol–water partition coefficient (Wildman–Crippen LogP) is 8.74. The van der Waals surface area contributed by atoms with Crippen molar-refractivity contribution in [1.29, 1.82) is 0 Å². The number of thiol groups is 6. The van der Waals surface area contributed by atoms with E-state index < -0.39 is 38.8 Å². The molecule has 0 spiro atoms. The summed E-state index contributed by atoms with van der Waals surface area (Å²) in [5.74, 6) is -0.172. The van der Waals surface area contributed by atoms with Crippen LogP contribution in [0.1, 0.15) is 187 Å². The summed E-state index contributed by atoms with van der Waals surface area (Å²) in [6.07, 6.45) is 29.0. The van der Waals surface area contributed by atoms with E-state index in [1.807, 2.05) is 6.92 Å². The highest BCUT2D eigenvalue weighted by Crippen LogP contribution is 2.23. The van der Waals surface area contributed by atoms with E-state index in [4.69, 9.17) is 51.1 Å². The van der Waals surface area contributed by atoms with E-state index in [9.17, 15) is 19.2 Å². The van der Waals surface area contributed by atoms with Gasteiger partial charge >= 0.3 is 23.9 Å². The first kappa shape index (κ1) is 75.3. The molecule has 0 aromatic rings. The number of hydrogen-bond acceptors (Lipinski definition) is 16. The van der Waals surface area contributed by atoms with Gasteiger partial charge in [0.2, 0.25) is 0 Å². The van der Waals surface area contributed by atoms with Crippen molar-refractivity contribution >= 4 is 99.6 Å². The van der Waals surface area contributed by atoms with Crippen molar-refractivity contribution in [1.82, 2.24) is 0 Å². The number of rotatable bonds is 37. The van der Waals surface area contributed by atoms with Crippen LogP contribution in [0.4, 0.5) is 0 Å². The molecule has 0 fully saturated rings. The quantitative estimate of drug-likeness (QED) is 0.0158. The average Bonchev–Trinajstić information content (AvgIpc) is 3.26. The Balaban J connectivity index is -0.000000162. The molecule has 0 aromatic heterocycles. The fourth-order valence-electron chi connectivity index (χ4n) is 4.89. The highest BCUT2D eigenvalue weighted by Gasteiger charge is 2.25. The average molecular weight is 1040 g/mol. The molecule has 0 rings (SSSR count). The SMILES string of the molecule is CCC(CO)(CO)CO.O=C(O)C(S)(S)S.O=C(O)CCCCCCCCCCS.O=C(O)CCCCCCCCCCS.O=C(O)CCCCCCCCCCS.OCC(O)CO. The molecule has 64 heavy (non-hydrogen) atoms. The Bertz CT molecular complexity index is 880. The fraction of sp³-hybridized carbons (Fsp3) is 0.909. The van der Waals surface area contributed by atoms with Gasteiger partial charge < -0.3 is 51.1 Å². The van der Waals surface area contributed by atoms with Crippen LogP contribution in [0.25, 0.3) is 0 Å². The molecule has 14 nitrogen and oxygen atoms in total. The summed E-state index contributed by atoms with van der Waals surface area (Å²) in [5, 5.41) is 83.2. The number of carbonyl (C=O) groups is 4. The fourth-order valence-corrected chi connectivity index (χ4v) is 5.56. The smallest absolute Gasteiger partial charge is 0.339 e. The number of carboxylic acids is 4. The first-order valence-corrected chi connectivity index (χ1v) is 26.2. The summed E-state index contributed by atoms with van der Waals surface area (Å²) in [4.78, 5) is 40.4. The van der Waals surface area contributed by atoms with Gasteiger partial charge in [0.1, 0.15) is 6.10 Å². The Labute approximate surface area is 419 Å². The lowest BCUT2D eigenvalue weighted by Gasteiger charge is -2.24. The first-order chi connectivity index (χ1) is 30.3. The zero-order valence-corrected chi connectivity index (χ0v) is 44.2. The lowest BCUT2D eigenvalue weighted by Crippen LogP contribution is -2.32. The third-order valence-corrected chi connectivity index (χ3v) is 10.9. The molecule has 0 unspecified atom stereocenters. The Morgan fingerprint density at radius 2 is 0.594 bits per heavy atom. The van der Waals surface area contributed by atoms with Crippen LogP contribution in [0.3, 0.4) is 0 Å². The maximum atomic E-state index is 10.2. The summed E-state index contributed by atoms with van der Waals surface area (Å²) in [6, 6.07) is 0. The number of carboxylic acid groups (broad SMARTS) is 4. The normalized spacial score (nSPS) is 10.7. The van der Waals surface area contributed by atoms with Crippen LogP contribution in [-0.2, 0) is 19.2 Å². The van der Waals surface area contributed by atoms with Crippen molar-refractivity contribution in [3.8, 4) is 0 Å². The molecule has 0 heterocycles. The van der Waals surface area contributed by atoms with Crippen molar-refractivity contribution in [2.24, 2.45) is 5.41 Å². The van der Waals surface area contributed by atoms with E-state index in [1.165, 1.54) is 116 Å². The third-order valence-electron chi connectivity index (χ3n) is 9.36. The summed E-state index contributed by atoms with van der Waals surface area (Å²) in [5.41, 5.74) is -0.667. The van der Waals surface area contributed by atoms with Gasteiger partial charge in [-0.25, -0.2) is 4.79 Å². The van der Waals surface area contributed by atoms with E-state index in [0.29, 0.717) is 25.7 Å². The van der Waals surface area contributed by atoms with Crippen molar-refractivity contribution in [3.63, 3.8) is 0 Å². The van der Waals surface area contributed by atoms with E-state index in [0.717, 1.165) is 55.8 Å². The van der Waals surface area contributed by atoms with Gasteiger partial charge in [-0.2, -0.15) is 37.9 Å². The molecule has 0 aliphatic carbocycles. The van der Waals surface area contributed by atoms with Gasteiger partial charge in [0.15, 0.2) is 3.41 Å². The largest absolute Gasteiger partial charge is 0.481 e. The molecule has 0 aromatic carbocycles. The van der Waals surface area contributed by atoms with Gasteiger partial charge in [0.25, 0.3) is 0 Å². The minimum absolute atomic E-state index is 0.156. The topological polar surface area (TPSA) is 271 Å². The van der Waals surface area contributed by atoms with E-state index in [-0.39, 0.29) is 33.0 Å². The minimum atomic E-state index is -1.50. The molecule has 388 valence electrons. The molecule has 0 atom stereocenters. The van der Waals surface area contributed by atoms with Gasteiger partial charge in [0, 0.05) is 24.7 Å². The molecule has 10 N–H and O–H groups in total. The summed E-state index contributed by atoms with van der Waals surface area (Å²) < 4.78 is -1.50. The summed E-state index contributed by atoms with van der Waals surface area (Å²) >= 11 is 22.9. The number of aliphatic carboxylic acids is 4. The van der Waals surface area contributed by atoms with Gasteiger partial charge in [-0.05, 0) is 62.2 Å². The molecule has 0 amide bonds. The van der Waals surface area contributed by atoms with Crippen LogP contribution in [0.15, 0.2) is 0 Å². The van der Waals surface area contributed by atoms with Crippen molar-refractivity contribution < 1.29 is 70.2 Å². The molecule has 0 aliphatic rings. The summed E-state index contributed by atoms with van der Waals surface area (Å²) in [6.45, 7) is 0.624. The summed E-state index contributed by atoms with van der Waals surface area (Å²) in [7, 11) is 0. The Morgan fingerprint density at radius 1 is 0.406 bits per heavy atom. The molecular formula is C44H92O14S6. The van der Waals surface area contributed by atoms with Gasteiger partial charge in [-0.3, -0.25) is 14.4 Å². The van der Waals surface area contributed by atoms with Gasteiger partial charge in [-0.1, -0.05) is 122 Å². The molecule has 0 bridgehead atoms. The molecule has 0 saturated carbocycles. The van der Waals surface area contributed by atoms with Crippen LogP contribution in [0.5, 0.6) is 0 Å². The molecule has 20 heteroatoms. The van der Waals surface area contributed by atoms with Crippen molar-refractivity contribution in [2.45, 2.75) is 196 Å². The molecular weight excluding hydrogens is 945 g/mol. The second kappa shape index (κ2) is 60.8. The Morgan fingerprint density at radius 3 is 0.688 bits per heavy atom. The van der Waals surface area contributed by atoms with Crippen LogP contribution in [0, 0.1) is 5.41 Å². The molecule has 0 aliphatic heterocycles. The second-order valence-electron chi connectivity index (χ2n) is 15.4. The van der Waals surface area contributed by atoms with Crippen LogP contribution in [0.2, 0.25) is 0 Å². The lowest BCUT2D eigenvalue weighted by molar-refractivity contribution is -0.138. The number of aliphatic hydroxyl groups excluding tert-OH is 6. The Kier molecular flexibility index (Phi) is 71.4. The van der Waals surface area contributed by atoms with Gasteiger partial charge in [-0.15, -0.1) is 37.9 Å². The van der Waals surface area contributed by atoms with Crippen LogP contribution >= 0.6 is 75.8 Å². The standard InChI is InChI=1S/3C11H22O2S.C6H14O3.C3H8O3.C2H4O2S3/c3*12-11(13)9-7-5-3-1-2-4-6-8-10-14;1-2-6(3-7,4-8)5-9;4-1-3(6)2-5;3-1(4)2(5,6)7/h3*14H,1-10H2,(H,12,13);7-9H,2-5H2,1H3;3-6H,1-2H2;5-7H,(H,3,4). The van der Waals surface area contributed by atoms with E-state index >= 15 is 0 Å². The minimum Gasteiger partial charge on any atom is -0.481 e. The van der Waals surface area contributed by atoms with Gasteiger partial charge in [0.05, 0.1) is 33.0 Å². The van der Waals surface area contributed by atoms with E-state index in [2.05, 4.69) is 75.8 Å². The Hall–Kier alpha value is -0.260. The van der Waals surface area contributed by atoms with Crippen LogP contribution in [-0.4, -0.2) is 135 Å². The van der Waals surface area contributed by atoms with Crippen molar-refractivity contribution in [3.05, 3.63) is 0 Å². The van der Waals surface area contributed by atoms with Crippen molar-refractivity contribution in [2.75, 3.05) is 50.3 Å². The monoisotopic (exact) mass is 1040 g/mol. The zero-order valence-electron chi connectivity index (χ0n) is 38.8. The third kappa shape index (κ3) is 76.0. The zero-order chi connectivity index (χ0) is 50.3. The molecule has 0 radical (unpaired) electrons. The molecule has 0 saturated heterocycles. The highest BCUT2D eigenvalue weighted by molar-refractivity contribution is 8.18. The van der Waals surface area contributed by atoms with E-state index in [1.54, 1.807) is 0 Å². The highest BCUT2D eigenvalue weighted by atomic mass is 32.2. The number of hydrogen-bond donors (Lipinski definition) is 16. The number of aliphatic hydroxyl groups is 6. The first-order valence-electron chi connectivity index (χ1n) is 22.9. The van der Waals surface area contributed by atoms with Crippen LogP contribution < -0.4 is 0 Å².